The van der Waals surface area contributed by atoms with Crippen LogP contribution in [0.15, 0.2) is 24.3 Å². The van der Waals surface area contributed by atoms with Crippen molar-refractivity contribution in [3.8, 4) is 5.69 Å². The third kappa shape index (κ3) is 3.01. The maximum Gasteiger partial charge on any atom is 0.169 e. The summed E-state index contributed by atoms with van der Waals surface area (Å²) < 4.78 is 1.79. The van der Waals surface area contributed by atoms with E-state index in [9.17, 15) is 0 Å². The van der Waals surface area contributed by atoms with Gasteiger partial charge in [-0.25, -0.2) is 14.6 Å². The van der Waals surface area contributed by atoms with E-state index in [1.165, 1.54) is 0 Å². The summed E-state index contributed by atoms with van der Waals surface area (Å²) in [5.74, 6) is 2.06. The molecule has 5 nitrogen and oxygen atoms in total. The summed E-state index contributed by atoms with van der Waals surface area (Å²) in [6, 6.07) is 7.63. The molecule has 23 heavy (non-hydrogen) atoms. The molecule has 1 N–H and O–H groups in total. The van der Waals surface area contributed by atoms with Crippen molar-refractivity contribution >= 4 is 28.5 Å². The Morgan fingerprint density at radius 2 is 1.91 bits per heavy atom. The average Bonchev–Trinajstić information content (AvgIpc) is 2.82. The standard InChI is InChI=1S/C17H20ClN5/c1-10(2)9-19-16-15-11(3)22-23(17(15)21-12(4)20-16)14-8-6-5-7-13(14)18/h5-8,10H,9H2,1-4H3,(H,19,20,21). The Bertz CT molecular complexity index is 854. The largest absolute Gasteiger partial charge is 0.369 e. The van der Waals surface area contributed by atoms with Crippen LogP contribution >= 0.6 is 11.6 Å². The monoisotopic (exact) mass is 329 g/mol. The lowest BCUT2D eigenvalue weighted by molar-refractivity contribution is 0.687. The van der Waals surface area contributed by atoms with E-state index in [1.807, 2.05) is 38.1 Å². The Kier molecular flexibility index (Phi) is 4.22. The second kappa shape index (κ2) is 6.16. The van der Waals surface area contributed by atoms with Crippen molar-refractivity contribution in [1.82, 2.24) is 19.7 Å². The van der Waals surface area contributed by atoms with Crippen molar-refractivity contribution in [1.29, 1.82) is 0 Å². The first-order valence-electron chi connectivity index (χ1n) is 7.70. The van der Waals surface area contributed by atoms with Crippen molar-refractivity contribution in [3.05, 3.63) is 40.8 Å². The molecule has 120 valence electrons. The fourth-order valence-electron chi connectivity index (χ4n) is 2.51. The average molecular weight is 330 g/mol. The molecule has 6 heteroatoms. The predicted octanol–water partition coefficient (Wildman–Crippen LogP) is 4.15. The van der Waals surface area contributed by atoms with Gasteiger partial charge >= 0.3 is 0 Å². The van der Waals surface area contributed by atoms with E-state index in [1.54, 1.807) is 4.68 Å². The van der Waals surface area contributed by atoms with E-state index >= 15 is 0 Å². The summed E-state index contributed by atoms with van der Waals surface area (Å²) in [6.07, 6.45) is 0. The molecule has 0 amide bonds. The lowest BCUT2D eigenvalue weighted by atomic mass is 10.2. The van der Waals surface area contributed by atoms with E-state index in [2.05, 4.69) is 34.2 Å². The van der Waals surface area contributed by atoms with Gasteiger partial charge in [0.2, 0.25) is 0 Å². The lowest BCUT2D eigenvalue weighted by Crippen LogP contribution is -2.11. The molecular weight excluding hydrogens is 310 g/mol. The van der Waals surface area contributed by atoms with Crippen molar-refractivity contribution in [2.24, 2.45) is 5.92 Å². The lowest BCUT2D eigenvalue weighted by Gasteiger charge is -2.10. The zero-order chi connectivity index (χ0) is 16.6. The number of aromatic nitrogens is 4. The van der Waals surface area contributed by atoms with Gasteiger partial charge in [-0.3, -0.25) is 0 Å². The number of nitrogens with zero attached hydrogens (tertiary/aromatic N) is 4. The summed E-state index contributed by atoms with van der Waals surface area (Å²) in [5, 5.41) is 9.63. The number of rotatable bonds is 4. The molecular formula is C17H20ClN5. The number of halogens is 1. The highest BCUT2D eigenvalue weighted by atomic mass is 35.5. The molecule has 0 saturated carbocycles. The summed E-state index contributed by atoms with van der Waals surface area (Å²) in [7, 11) is 0. The Labute approximate surface area is 140 Å². The summed E-state index contributed by atoms with van der Waals surface area (Å²) >= 11 is 6.33. The predicted molar refractivity (Wildman–Crippen MR) is 94.5 cm³/mol. The van der Waals surface area contributed by atoms with Gasteiger partial charge in [-0.1, -0.05) is 37.6 Å². The minimum Gasteiger partial charge on any atom is -0.369 e. The fraction of sp³-hybridized carbons (Fsp3) is 0.353. The van der Waals surface area contributed by atoms with E-state index in [0.717, 1.165) is 34.8 Å². The number of nitrogens with one attached hydrogen (secondary N) is 1. The number of anilines is 1. The molecule has 2 aromatic heterocycles. The molecule has 3 aromatic rings. The fourth-order valence-corrected chi connectivity index (χ4v) is 2.73. The molecule has 0 radical (unpaired) electrons. The molecule has 0 aliphatic carbocycles. The second-order valence-electron chi connectivity index (χ2n) is 6.04. The minimum absolute atomic E-state index is 0.527. The summed E-state index contributed by atoms with van der Waals surface area (Å²) in [4.78, 5) is 9.15. The van der Waals surface area contributed by atoms with Gasteiger partial charge in [0.05, 0.1) is 21.8 Å². The summed E-state index contributed by atoms with van der Waals surface area (Å²) in [5.41, 5.74) is 2.47. The van der Waals surface area contributed by atoms with Crippen LogP contribution in [0.3, 0.4) is 0 Å². The highest BCUT2D eigenvalue weighted by molar-refractivity contribution is 6.32. The molecule has 0 fully saturated rings. The highest BCUT2D eigenvalue weighted by Gasteiger charge is 2.17. The minimum atomic E-state index is 0.527. The molecule has 0 saturated heterocycles. The normalized spacial score (nSPS) is 11.4. The zero-order valence-corrected chi connectivity index (χ0v) is 14.5. The van der Waals surface area contributed by atoms with E-state index in [4.69, 9.17) is 11.6 Å². The third-order valence-electron chi connectivity index (χ3n) is 3.57. The Hall–Kier alpha value is -2.14. The number of para-hydroxylation sites is 1. The van der Waals surface area contributed by atoms with Crippen LogP contribution in [0, 0.1) is 19.8 Å². The molecule has 1 aromatic carbocycles. The van der Waals surface area contributed by atoms with Crippen LogP contribution in [0.4, 0.5) is 5.82 Å². The van der Waals surface area contributed by atoms with E-state index in [0.29, 0.717) is 16.8 Å². The van der Waals surface area contributed by atoms with Crippen molar-refractivity contribution in [3.63, 3.8) is 0 Å². The number of hydrogen-bond acceptors (Lipinski definition) is 4. The maximum absolute atomic E-state index is 6.33. The molecule has 0 bridgehead atoms. The molecule has 0 aliphatic heterocycles. The van der Waals surface area contributed by atoms with Crippen molar-refractivity contribution in [2.45, 2.75) is 27.7 Å². The molecule has 0 spiro atoms. The topological polar surface area (TPSA) is 55.6 Å². The van der Waals surface area contributed by atoms with Gasteiger partial charge in [-0.2, -0.15) is 5.10 Å². The molecule has 3 rings (SSSR count). The number of fused-ring (bicyclic) bond motifs is 1. The van der Waals surface area contributed by atoms with E-state index < -0.39 is 0 Å². The van der Waals surface area contributed by atoms with Crippen molar-refractivity contribution in [2.75, 3.05) is 11.9 Å². The molecule has 0 atom stereocenters. The zero-order valence-electron chi connectivity index (χ0n) is 13.8. The van der Waals surface area contributed by atoms with Gasteiger partial charge in [0, 0.05) is 6.54 Å². The van der Waals surface area contributed by atoms with Crippen LogP contribution in [-0.4, -0.2) is 26.3 Å². The quantitative estimate of drug-likeness (QED) is 0.781. The van der Waals surface area contributed by atoms with Gasteiger partial charge in [-0.05, 0) is 31.9 Å². The first kappa shape index (κ1) is 15.7. The first-order chi connectivity index (χ1) is 11.0. The van der Waals surface area contributed by atoms with Crippen LogP contribution in [0.1, 0.15) is 25.4 Å². The van der Waals surface area contributed by atoms with Gasteiger partial charge in [-0.15, -0.1) is 0 Å². The third-order valence-corrected chi connectivity index (χ3v) is 3.89. The van der Waals surface area contributed by atoms with Gasteiger partial charge in [0.15, 0.2) is 5.65 Å². The SMILES string of the molecule is Cc1nc(NCC(C)C)c2c(C)nn(-c3ccccc3Cl)c2n1. The Morgan fingerprint density at radius 1 is 1.17 bits per heavy atom. The van der Waals surface area contributed by atoms with Gasteiger partial charge < -0.3 is 5.32 Å². The number of benzene rings is 1. The van der Waals surface area contributed by atoms with Gasteiger partial charge in [0.1, 0.15) is 11.6 Å². The van der Waals surface area contributed by atoms with Crippen LogP contribution in [0.2, 0.25) is 5.02 Å². The maximum atomic E-state index is 6.33. The molecule has 2 heterocycles. The van der Waals surface area contributed by atoms with Crippen LogP contribution < -0.4 is 5.32 Å². The number of aryl methyl sites for hydroxylation is 2. The summed E-state index contributed by atoms with van der Waals surface area (Å²) in [6.45, 7) is 9.03. The number of hydrogen-bond donors (Lipinski definition) is 1. The van der Waals surface area contributed by atoms with E-state index in [-0.39, 0.29) is 0 Å². The van der Waals surface area contributed by atoms with Gasteiger partial charge in [0.25, 0.3) is 0 Å². The second-order valence-corrected chi connectivity index (χ2v) is 6.45. The highest BCUT2D eigenvalue weighted by Crippen LogP contribution is 2.28. The Balaban J connectivity index is 2.21. The van der Waals surface area contributed by atoms with Crippen LogP contribution in [0.25, 0.3) is 16.7 Å². The Morgan fingerprint density at radius 3 is 2.61 bits per heavy atom. The van der Waals surface area contributed by atoms with Crippen LogP contribution in [-0.2, 0) is 0 Å². The molecule has 0 aliphatic rings. The van der Waals surface area contributed by atoms with Crippen LogP contribution in [0.5, 0.6) is 0 Å². The first-order valence-corrected chi connectivity index (χ1v) is 8.08. The molecule has 0 unspecified atom stereocenters. The smallest absolute Gasteiger partial charge is 0.169 e. The van der Waals surface area contributed by atoms with Crippen molar-refractivity contribution < 1.29 is 0 Å².